The molecular weight excluding hydrogens is 250 g/mol. The largest absolute Gasteiger partial charge is 0.487 e. The van der Waals surface area contributed by atoms with E-state index in [1.165, 1.54) is 6.42 Å². The van der Waals surface area contributed by atoms with Crippen molar-refractivity contribution in [1.29, 1.82) is 0 Å². The van der Waals surface area contributed by atoms with Gasteiger partial charge in [0.2, 0.25) is 0 Å². The second kappa shape index (κ2) is 6.08. The van der Waals surface area contributed by atoms with Gasteiger partial charge in [-0.2, -0.15) is 0 Å². The summed E-state index contributed by atoms with van der Waals surface area (Å²) in [6.07, 6.45) is 5.78. The minimum absolute atomic E-state index is 0.0662. The summed E-state index contributed by atoms with van der Waals surface area (Å²) in [4.78, 5) is 9.12. The lowest BCUT2D eigenvalue weighted by Gasteiger charge is -2.28. The van der Waals surface area contributed by atoms with Gasteiger partial charge in [0, 0.05) is 18.0 Å². The number of hydrogen-bond acceptors (Lipinski definition) is 4. The van der Waals surface area contributed by atoms with E-state index in [9.17, 15) is 0 Å². The molecule has 0 atom stereocenters. The topological polar surface area (TPSA) is 47.0 Å². The molecule has 0 amide bonds. The van der Waals surface area contributed by atoms with Crippen LogP contribution in [0.1, 0.15) is 71.3 Å². The van der Waals surface area contributed by atoms with Gasteiger partial charge in [-0.05, 0) is 40.0 Å². The molecule has 0 aliphatic heterocycles. The summed E-state index contributed by atoms with van der Waals surface area (Å²) in [6, 6.07) is 0. The van der Waals surface area contributed by atoms with Gasteiger partial charge in [0.15, 0.2) is 5.75 Å². The minimum Gasteiger partial charge on any atom is -0.487 e. The lowest BCUT2D eigenvalue weighted by molar-refractivity contribution is 0.117. The maximum atomic E-state index is 6.02. The first-order valence-corrected chi connectivity index (χ1v) is 7.62. The van der Waals surface area contributed by atoms with E-state index in [0.717, 1.165) is 30.1 Å². The van der Waals surface area contributed by atoms with Gasteiger partial charge >= 0.3 is 0 Å². The zero-order valence-corrected chi connectivity index (χ0v) is 13.4. The maximum Gasteiger partial charge on any atom is 0.160 e. The standard InChI is InChI=1S/C16H27N3O/c1-11(2)15-17-10-14(20-12-7-6-8-12)13(19-15)9-18-16(3,4)5/h10-12,18H,6-9H2,1-5H3. The molecule has 0 spiro atoms. The lowest BCUT2D eigenvalue weighted by Crippen LogP contribution is -2.36. The fourth-order valence-electron chi connectivity index (χ4n) is 1.94. The highest BCUT2D eigenvalue weighted by Gasteiger charge is 2.22. The van der Waals surface area contributed by atoms with E-state index in [1.54, 1.807) is 0 Å². The zero-order chi connectivity index (χ0) is 14.8. The van der Waals surface area contributed by atoms with E-state index in [2.05, 4.69) is 49.9 Å². The first-order valence-electron chi connectivity index (χ1n) is 7.62. The Bertz CT molecular complexity index is 448. The van der Waals surface area contributed by atoms with Gasteiger partial charge in [-0.15, -0.1) is 0 Å². The van der Waals surface area contributed by atoms with Crippen LogP contribution in [-0.4, -0.2) is 21.6 Å². The van der Waals surface area contributed by atoms with Crippen LogP contribution in [-0.2, 0) is 6.54 Å². The third-order valence-electron chi connectivity index (χ3n) is 3.50. The van der Waals surface area contributed by atoms with Crippen molar-refractivity contribution in [3.8, 4) is 5.75 Å². The summed E-state index contributed by atoms with van der Waals surface area (Å²) < 4.78 is 6.02. The highest BCUT2D eigenvalue weighted by molar-refractivity contribution is 5.26. The van der Waals surface area contributed by atoms with Gasteiger partial charge < -0.3 is 10.1 Å². The fraction of sp³-hybridized carbons (Fsp3) is 0.750. The lowest BCUT2D eigenvalue weighted by atomic mass is 9.96. The number of rotatable bonds is 5. The number of aromatic nitrogens is 2. The predicted molar refractivity (Wildman–Crippen MR) is 81.0 cm³/mol. The molecule has 20 heavy (non-hydrogen) atoms. The van der Waals surface area contributed by atoms with E-state index in [1.807, 2.05) is 6.20 Å². The van der Waals surface area contributed by atoms with Crippen LogP contribution in [0.5, 0.6) is 5.75 Å². The SMILES string of the molecule is CC(C)c1ncc(OC2CCC2)c(CNC(C)(C)C)n1. The van der Waals surface area contributed by atoms with Crippen LogP contribution in [0.2, 0.25) is 0 Å². The van der Waals surface area contributed by atoms with Crippen LogP contribution in [0.4, 0.5) is 0 Å². The van der Waals surface area contributed by atoms with Crippen LogP contribution in [0.15, 0.2) is 6.20 Å². The van der Waals surface area contributed by atoms with Gasteiger partial charge in [-0.1, -0.05) is 13.8 Å². The highest BCUT2D eigenvalue weighted by atomic mass is 16.5. The van der Waals surface area contributed by atoms with Crippen molar-refractivity contribution in [1.82, 2.24) is 15.3 Å². The molecule has 0 saturated heterocycles. The molecule has 1 fully saturated rings. The average molecular weight is 277 g/mol. The van der Waals surface area contributed by atoms with Crippen molar-refractivity contribution < 1.29 is 4.74 Å². The quantitative estimate of drug-likeness (QED) is 0.896. The number of ether oxygens (including phenoxy) is 1. The van der Waals surface area contributed by atoms with E-state index < -0.39 is 0 Å². The Labute approximate surface area is 122 Å². The summed E-state index contributed by atoms with van der Waals surface area (Å²) >= 11 is 0. The molecule has 0 aromatic carbocycles. The molecule has 1 aromatic rings. The minimum atomic E-state index is 0.0662. The molecule has 1 aromatic heterocycles. The van der Waals surface area contributed by atoms with Gasteiger partial charge in [-0.3, -0.25) is 0 Å². The van der Waals surface area contributed by atoms with Gasteiger partial charge in [0.05, 0.1) is 18.0 Å². The van der Waals surface area contributed by atoms with Gasteiger partial charge in [0.1, 0.15) is 5.82 Å². The third-order valence-corrected chi connectivity index (χ3v) is 3.50. The molecule has 1 aliphatic rings. The van der Waals surface area contributed by atoms with Crippen molar-refractivity contribution in [3.63, 3.8) is 0 Å². The number of nitrogens with zero attached hydrogens (tertiary/aromatic N) is 2. The van der Waals surface area contributed by atoms with E-state index in [0.29, 0.717) is 18.6 Å². The molecule has 1 heterocycles. The Balaban J connectivity index is 2.15. The maximum absolute atomic E-state index is 6.02. The second-order valence-corrected chi connectivity index (χ2v) is 6.97. The van der Waals surface area contributed by atoms with Crippen molar-refractivity contribution in [2.24, 2.45) is 0 Å². The Kier molecular flexibility index (Phi) is 4.63. The van der Waals surface area contributed by atoms with Crippen LogP contribution >= 0.6 is 0 Å². The highest BCUT2D eigenvalue weighted by Crippen LogP contribution is 2.27. The summed E-state index contributed by atoms with van der Waals surface area (Å²) in [7, 11) is 0. The molecular formula is C16H27N3O. The average Bonchev–Trinajstić information content (AvgIpc) is 2.30. The summed E-state index contributed by atoms with van der Waals surface area (Å²) in [6.45, 7) is 11.4. The van der Waals surface area contributed by atoms with Crippen molar-refractivity contribution in [3.05, 3.63) is 17.7 Å². The first-order chi connectivity index (χ1) is 9.35. The van der Waals surface area contributed by atoms with Gasteiger partial charge in [0.25, 0.3) is 0 Å². The summed E-state index contributed by atoms with van der Waals surface area (Å²) in [5, 5.41) is 3.48. The first kappa shape index (κ1) is 15.2. The number of hydrogen-bond donors (Lipinski definition) is 1. The van der Waals surface area contributed by atoms with Crippen LogP contribution < -0.4 is 10.1 Å². The molecule has 0 unspecified atom stereocenters. The molecule has 1 aliphatic carbocycles. The van der Waals surface area contributed by atoms with Crippen molar-refractivity contribution >= 4 is 0 Å². The Morgan fingerprint density at radius 2 is 2.05 bits per heavy atom. The summed E-state index contributed by atoms with van der Waals surface area (Å²) in [5.41, 5.74) is 1.04. The van der Waals surface area contributed by atoms with E-state index >= 15 is 0 Å². The fourth-order valence-corrected chi connectivity index (χ4v) is 1.94. The molecule has 2 rings (SSSR count). The molecule has 1 saturated carbocycles. The van der Waals surface area contributed by atoms with Crippen LogP contribution in [0, 0.1) is 0 Å². The Morgan fingerprint density at radius 3 is 2.55 bits per heavy atom. The normalized spacial score (nSPS) is 16.3. The molecule has 0 bridgehead atoms. The van der Waals surface area contributed by atoms with E-state index in [-0.39, 0.29) is 5.54 Å². The summed E-state index contributed by atoms with van der Waals surface area (Å²) in [5.74, 6) is 2.06. The smallest absolute Gasteiger partial charge is 0.160 e. The Morgan fingerprint density at radius 1 is 1.35 bits per heavy atom. The molecule has 112 valence electrons. The molecule has 4 heteroatoms. The monoisotopic (exact) mass is 277 g/mol. The predicted octanol–water partition coefficient (Wildman–Crippen LogP) is 3.42. The molecule has 0 radical (unpaired) electrons. The van der Waals surface area contributed by atoms with E-state index in [4.69, 9.17) is 4.74 Å². The Hall–Kier alpha value is -1.16. The molecule has 1 N–H and O–H groups in total. The zero-order valence-electron chi connectivity index (χ0n) is 13.4. The van der Waals surface area contributed by atoms with Gasteiger partial charge in [-0.25, -0.2) is 9.97 Å². The van der Waals surface area contributed by atoms with Crippen LogP contribution in [0.25, 0.3) is 0 Å². The molecule has 4 nitrogen and oxygen atoms in total. The van der Waals surface area contributed by atoms with Crippen molar-refractivity contribution in [2.75, 3.05) is 0 Å². The number of nitrogens with one attached hydrogen (secondary N) is 1. The van der Waals surface area contributed by atoms with Crippen LogP contribution in [0.3, 0.4) is 0 Å². The van der Waals surface area contributed by atoms with Crippen molar-refractivity contribution in [2.45, 2.75) is 78.0 Å². The third kappa shape index (κ3) is 4.17. The second-order valence-electron chi connectivity index (χ2n) is 6.97.